The third-order valence-corrected chi connectivity index (χ3v) is 6.05. The molecule has 0 bridgehead atoms. The molecule has 27 heavy (non-hydrogen) atoms. The van der Waals surface area contributed by atoms with Gasteiger partial charge in [-0.1, -0.05) is 6.07 Å². The monoisotopic (exact) mass is 406 g/mol. The lowest BCUT2D eigenvalue weighted by Crippen LogP contribution is -2.35. The van der Waals surface area contributed by atoms with E-state index in [2.05, 4.69) is 0 Å². The molecule has 1 amide bonds. The van der Waals surface area contributed by atoms with Crippen molar-refractivity contribution in [1.82, 2.24) is 0 Å². The molecule has 1 aromatic carbocycles. The fourth-order valence-corrected chi connectivity index (χ4v) is 3.83. The van der Waals surface area contributed by atoms with Crippen molar-refractivity contribution < 1.29 is 31.1 Å². The van der Waals surface area contributed by atoms with E-state index in [0.29, 0.717) is 29.8 Å². The predicted octanol–water partition coefficient (Wildman–Crippen LogP) is 3.24. The highest BCUT2D eigenvalue weighted by molar-refractivity contribution is 7.93. The number of nitrogens with zero attached hydrogens (tertiary/aromatic N) is 1. The van der Waals surface area contributed by atoms with Crippen molar-refractivity contribution in [1.29, 1.82) is 0 Å². The number of sulfonamides is 1. The highest BCUT2D eigenvalue weighted by Crippen LogP contribution is 2.35. The van der Waals surface area contributed by atoms with Gasteiger partial charge in [-0.25, -0.2) is 0 Å². The fourth-order valence-electron chi connectivity index (χ4n) is 3.20. The van der Waals surface area contributed by atoms with Crippen LogP contribution in [0.25, 0.3) is 0 Å². The molecular weight excluding hydrogens is 385 g/mol. The Morgan fingerprint density at radius 1 is 1.15 bits per heavy atom. The summed E-state index contributed by atoms with van der Waals surface area (Å²) < 4.78 is 68.2. The second-order valence-corrected chi connectivity index (χ2v) is 8.63. The van der Waals surface area contributed by atoms with Gasteiger partial charge in [-0.15, -0.1) is 0 Å². The van der Waals surface area contributed by atoms with Gasteiger partial charge in [-0.3, -0.25) is 9.52 Å². The number of carbonyl (C=O) groups excluding carboxylic acids is 1. The van der Waals surface area contributed by atoms with Gasteiger partial charge in [0, 0.05) is 18.7 Å². The largest absolute Gasteiger partial charge is 0.516 e. The summed E-state index contributed by atoms with van der Waals surface area (Å²) in [5.74, 6) is -0.251. The van der Waals surface area contributed by atoms with E-state index in [9.17, 15) is 26.4 Å². The van der Waals surface area contributed by atoms with E-state index < -0.39 is 21.6 Å². The Morgan fingerprint density at radius 3 is 2.37 bits per heavy atom. The lowest BCUT2D eigenvalue weighted by Gasteiger charge is -2.28. The van der Waals surface area contributed by atoms with Crippen LogP contribution in [0.4, 0.5) is 24.5 Å². The average molecular weight is 406 g/mol. The summed E-state index contributed by atoms with van der Waals surface area (Å²) >= 11 is 0. The van der Waals surface area contributed by atoms with Crippen LogP contribution in [0.2, 0.25) is 0 Å². The second kappa shape index (κ2) is 6.97. The van der Waals surface area contributed by atoms with Crippen molar-refractivity contribution in [3.63, 3.8) is 0 Å². The van der Waals surface area contributed by atoms with Gasteiger partial charge in [0.25, 0.3) is 5.91 Å². The van der Waals surface area contributed by atoms with E-state index in [4.69, 9.17) is 4.74 Å². The van der Waals surface area contributed by atoms with Gasteiger partial charge in [0.1, 0.15) is 6.10 Å². The molecular formula is C17H21F3N2O4S. The molecule has 150 valence electrons. The van der Waals surface area contributed by atoms with Crippen LogP contribution >= 0.6 is 0 Å². The first-order valence-electron chi connectivity index (χ1n) is 8.67. The molecule has 3 rings (SSSR count). The summed E-state index contributed by atoms with van der Waals surface area (Å²) in [6.45, 7) is 3.59. The van der Waals surface area contributed by atoms with Gasteiger partial charge in [0.05, 0.1) is 11.8 Å². The molecule has 2 aliphatic rings. The minimum atomic E-state index is -5.54. The summed E-state index contributed by atoms with van der Waals surface area (Å²) in [6, 6.07) is 2.83. The van der Waals surface area contributed by atoms with Crippen molar-refractivity contribution in [2.75, 3.05) is 16.2 Å². The number of benzene rings is 1. The molecule has 1 atom stereocenters. The van der Waals surface area contributed by atoms with Crippen LogP contribution in [0.5, 0.6) is 0 Å². The van der Waals surface area contributed by atoms with Crippen LogP contribution in [0.3, 0.4) is 0 Å². The Balaban J connectivity index is 1.85. The van der Waals surface area contributed by atoms with E-state index in [-0.39, 0.29) is 17.7 Å². The molecule has 1 heterocycles. The van der Waals surface area contributed by atoms with Crippen LogP contribution < -0.4 is 9.62 Å². The topological polar surface area (TPSA) is 75.7 Å². The molecule has 6 nitrogen and oxygen atoms in total. The molecule has 0 aromatic heterocycles. The zero-order valence-electron chi connectivity index (χ0n) is 15.0. The van der Waals surface area contributed by atoms with Crippen LogP contribution in [0.15, 0.2) is 12.1 Å². The molecule has 0 spiro atoms. The van der Waals surface area contributed by atoms with Gasteiger partial charge in [-0.05, 0) is 50.3 Å². The van der Waals surface area contributed by atoms with Gasteiger partial charge < -0.3 is 9.64 Å². The van der Waals surface area contributed by atoms with Crippen molar-refractivity contribution in [3.05, 3.63) is 23.3 Å². The number of aryl methyl sites for hydroxylation is 2. The minimum Gasteiger partial charge on any atom is -0.365 e. The molecule has 2 fully saturated rings. The van der Waals surface area contributed by atoms with Crippen LogP contribution in [0.1, 0.15) is 36.8 Å². The first-order valence-corrected chi connectivity index (χ1v) is 10.1. The zero-order chi connectivity index (χ0) is 20.0. The van der Waals surface area contributed by atoms with Crippen molar-refractivity contribution in [2.24, 2.45) is 0 Å². The molecule has 0 radical (unpaired) electrons. The first kappa shape index (κ1) is 19.9. The Kier molecular flexibility index (Phi) is 5.15. The lowest BCUT2D eigenvalue weighted by molar-refractivity contribution is -0.133. The number of alkyl halides is 3. The molecule has 1 unspecified atom stereocenters. The third-order valence-electron chi connectivity index (χ3n) is 4.95. The Bertz CT molecular complexity index is 850. The lowest BCUT2D eigenvalue weighted by atomic mass is 9.96. The average Bonchev–Trinajstić information content (AvgIpc) is 2.85. The number of nitrogens with one attached hydrogen (secondary N) is 1. The number of halogens is 3. The minimum absolute atomic E-state index is 0.0900. The summed E-state index contributed by atoms with van der Waals surface area (Å²) in [5, 5.41) is 0. The van der Waals surface area contributed by atoms with Crippen molar-refractivity contribution >= 4 is 27.3 Å². The molecule has 10 heteroatoms. The molecule has 1 aliphatic carbocycles. The number of anilines is 2. The highest BCUT2D eigenvalue weighted by atomic mass is 32.2. The van der Waals surface area contributed by atoms with E-state index >= 15 is 0 Å². The number of carbonyl (C=O) groups is 1. The van der Waals surface area contributed by atoms with Crippen LogP contribution in [0, 0.1) is 13.8 Å². The summed E-state index contributed by atoms with van der Waals surface area (Å²) in [4.78, 5) is 14.1. The maximum atomic E-state index is 12.7. The number of rotatable bonds is 5. The first-order chi connectivity index (χ1) is 12.5. The highest BCUT2D eigenvalue weighted by Gasteiger charge is 2.46. The van der Waals surface area contributed by atoms with Crippen molar-refractivity contribution in [3.8, 4) is 0 Å². The molecule has 1 aromatic rings. The number of hydrogen-bond acceptors (Lipinski definition) is 4. The number of amides is 1. The SMILES string of the molecule is Cc1cc(C)c(N2CCC(OC3CCC3)C2=O)cc1NS(=O)(=O)C(F)(F)F. The normalized spacial score (nSPS) is 21.4. The Morgan fingerprint density at radius 2 is 1.81 bits per heavy atom. The maximum Gasteiger partial charge on any atom is 0.516 e. The summed E-state index contributed by atoms with van der Waals surface area (Å²) in [7, 11) is -5.54. The fraction of sp³-hybridized carbons (Fsp3) is 0.588. The molecule has 1 saturated heterocycles. The van der Waals surface area contributed by atoms with Crippen molar-refractivity contribution in [2.45, 2.75) is 57.2 Å². The van der Waals surface area contributed by atoms with E-state index in [1.54, 1.807) is 17.7 Å². The quantitative estimate of drug-likeness (QED) is 0.815. The van der Waals surface area contributed by atoms with E-state index in [0.717, 1.165) is 19.3 Å². The maximum absolute atomic E-state index is 12.7. The predicted molar refractivity (Wildman–Crippen MR) is 94.0 cm³/mol. The van der Waals surface area contributed by atoms with Crippen LogP contribution in [-0.4, -0.2) is 38.6 Å². The van der Waals surface area contributed by atoms with Crippen LogP contribution in [-0.2, 0) is 19.6 Å². The summed E-state index contributed by atoms with van der Waals surface area (Å²) in [5.41, 5.74) is -4.25. The van der Waals surface area contributed by atoms with Gasteiger partial charge in [-0.2, -0.15) is 21.6 Å². The van der Waals surface area contributed by atoms with E-state index in [1.807, 2.05) is 0 Å². The third kappa shape index (κ3) is 3.91. The summed E-state index contributed by atoms with van der Waals surface area (Å²) in [6.07, 6.45) is 2.95. The standard InChI is InChI=1S/C17H21F3N2O4S/c1-10-8-11(2)14(9-13(10)21-27(24,25)17(18,19)20)22-7-6-15(16(22)23)26-12-4-3-5-12/h8-9,12,15,21H,3-7H2,1-2H3. The molecule has 1 N–H and O–H groups in total. The molecule has 1 saturated carbocycles. The second-order valence-electron chi connectivity index (χ2n) is 6.96. The smallest absolute Gasteiger partial charge is 0.365 e. The number of ether oxygens (including phenoxy) is 1. The Labute approximate surface area is 155 Å². The Hall–Kier alpha value is -1.81. The van der Waals surface area contributed by atoms with Gasteiger partial charge >= 0.3 is 15.5 Å². The zero-order valence-corrected chi connectivity index (χ0v) is 15.8. The van der Waals surface area contributed by atoms with Gasteiger partial charge in [0.2, 0.25) is 0 Å². The number of hydrogen-bond donors (Lipinski definition) is 1. The van der Waals surface area contributed by atoms with E-state index in [1.165, 1.54) is 17.9 Å². The van der Waals surface area contributed by atoms with Gasteiger partial charge in [0.15, 0.2) is 0 Å². The molecule has 1 aliphatic heterocycles.